The molecule has 1 aromatic heterocycles. The molecule has 1 saturated carbocycles. The molecule has 1 aliphatic carbocycles. The highest BCUT2D eigenvalue weighted by Gasteiger charge is 2.21. The maximum Gasteiger partial charge on any atom is 0.106 e. The molecule has 0 aromatic carbocycles. The average Bonchev–Trinajstić information content (AvgIpc) is 2.81. The van der Waals surface area contributed by atoms with Gasteiger partial charge in [-0.1, -0.05) is 25.1 Å². The molecular formula is C12H17N3S. The van der Waals surface area contributed by atoms with E-state index >= 15 is 0 Å². The fourth-order valence-corrected chi connectivity index (χ4v) is 2.54. The Morgan fingerprint density at radius 1 is 1.50 bits per heavy atom. The molecule has 86 valence electrons. The van der Waals surface area contributed by atoms with Crippen molar-refractivity contribution >= 4 is 22.9 Å². The third kappa shape index (κ3) is 2.16. The lowest BCUT2D eigenvalue weighted by molar-refractivity contribution is 0.652. The molecule has 0 bridgehead atoms. The first kappa shape index (κ1) is 11.3. The van der Waals surface area contributed by atoms with Gasteiger partial charge in [0.2, 0.25) is 0 Å². The molecule has 4 heteroatoms. The van der Waals surface area contributed by atoms with Crippen LogP contribution in [-0.2, 0) is 0 Å². The number of anilines is 1. The number of nitrogens with zero attached hydrogens (tertiary/aromatic N) is 2. The van der Waals surface area contributed by atoms with Gasteiger partial charge in [-0.2, -0.15) is 0 Å². The van der Waals surface area contributed by atoms with Crippen molar-refractivity contribution in [3.05, 3.63) is 24.0 Å². The van der Waals surface area contributed by atoms with Crippen LogP contribution in [0, 0.1) is 0 Å². The first-order chi connectivity index (χ1) is 7.70. The number of hydrogen-bond acceptors (Lipinski definition) is 3. The summed E-state index contributed by atoms with van der Waals surface area (Å²) in [7, 11) is 2.11. The van der Waals surface area contributed by atoms with E-state index < -0.39 is 0 Å². The predicted octanol–water partition coefficient (Wildman–Crippen LogP) is 2.09. The van der Waals surface area contributed by atoms with Crippen LogP contribution in [0.25, 0.3) is 0 Å². The lowest BCUT2D eigenvalue weighted by Crippen LogP contribution is -2.31. The molecule has 3 nitrogen and oxygen atoms in total. The minimum absolute atomic E-state index is 0.447. The smallest absolute Gasteiger partial charge is 0.106 e. The van der Waals surface area contributed by atoms with Crippen molar-refractivity contribution in [2.45, 2.75) is 31.7 Å². The van der Waals surface area contributed by atoms with E-state index in [1.807, 2.05) is 12.3 Å². The Kier molecular flexibility index (Phi) is 3.39. The van der Waals surface area contributed by atoms with Crippen molar-refractivity contribution in [1.29, 1.82) is 0 Å². The van der Waals surface area contributed by atoms with Gasteiger partial charge in [0.1, 0.15) is 4.99 Å². The maximum atomic E-state index is 5.73. The number of hydrogen-bond donors (Lipinski definition) is 1. The van der Waals surface area contributed by atoms with Crippen molar-refractivity contribution in [3.8, 4) is 0 Å². The van der Waals surface area contributed by atoms with E-state index in [9.17, 15) is 0 Å². The summed E-state index contributed by atoms with van der Waals surface area (Å²) in [5, 5.41) is 0. The van der Waals surface area contributed by atoms with Gasteiger partial charge in [0.15, 0.2) is 0 Å². The monoisotopic (exact) mass is 235 g/mol. The molecule has 2 rings (SSSR count). The molecule has 0 aliphatic heterocycles. The minimum Gasteiger partial charge on any atom is -0.389 e. The molecule has 0 radical (unpaired) electrons. The second-order valence-corrected chi connectivity index (χ2v) is 4.75. The van der Waals surface area contributed by atoms with Crippen LogP contribution in [0.15, 0.2) is 18.5 Å². The van der Waals surface area contributed by atoms with Gasteiger partial charge in [-0.25, -0.2) is 0 Å². The summed E-state index contributed by atoms with van der Waals surface area (Å²) in [6.07, 6.45) is 8.73. The quantitative estimate of drug-likeness (QED) is 0.815. The van der Waals surface area contributed by atoms with Crippen LogP contribution in [0.5, 0.6) is 0 Å². The molecular weight excluding hydrogens is 218 g/mol. The van der Waals surface area contributed by atoms with Gasteiger partial charge in [-0.3, -0.25) is 4.98 Å². The molecule has 0 atom stereocenters. The Morgan fingerprint density at radius 3 is 2.81 bits per heavy atom. The summed E-state index contributed by atoms with van der Waals surface area (Å²) < 4.78 is 0. The van der Waals surface area contributed by atoms with Crippen LogP contribution >= 0.6 is 12.2 Å². The Hall–Kier alpha value is -1.16. The van der Waals surface area contributed by atoms with Crippen molar-refractivity contribution in [2.24, 2.45) is 5.73 Å². The SMILES string of the molecule is CN(c1cnccc1C(N)=S)C1CCCC1. The lowest BCUT2D eigenvalue weighted by Gasteiger charge is -2.27. The van der Waals surface area contributed by atoms with Gasteiger partial charge >= 0.3 is 0 Å². The number of nitrogens with two attached hydrogens (primary N) is 1. The summed E-state index contributed by atoms with van der Waals surface area (Å²) in [5.74, 6) is 0. The van der Waals surface area contributed by atoms with E-state index in [4.69, 9.17) is 18.0 Å². The molecule has 0 saturated heterocycles. The molecule has 0 spiro atoms. The Morgan fingerprint density at radius 2 is 2.19 bits per heavy atom. The molecule has 1 heterocycles. The van der Waals surface area contributed by atoms with Crippen molar-refractivity contribution in [3.63, 3.8) is 0 Å². The lowest BCUT2D eigenvalue weighted by atomic mass is 10.1. The summed E-state index contributed by atoms with van der Waals surface area (Å²) in [5.41, 5.74) is 7.72. The van der Waals surface area contributed by atoms with Gasteiger partial charge in [-0.05, 0) is 18.9 Å². The van der Waals surface area contributed by atoms with E-state index in [2.05, 4.69) is 16.9 Å². The Labute approximate surface area is 102 Å². The highest BCUT2D eigenvalue weighted by Crippen LogP contribution is 2.28. The topological polar surface area (TPSA) is 42.2 Å². The fourth-order valence-electron chi connectivity index (χ4n) is 2.36. The number of aromatic nitrogens is 1. The molecule has 2 N–H and O–H groups in total. The third-order valence-electron chi connectivity index (χ3n) is 3.32. The summed E-state index contributed by atoms with van der Waals surface area (Å²) in [6, 6.07) is 2.50. The fraction of sp³-hybridized carbons (Fsp3) is 0.500. The second kappa shape index (κ2) is 4.78. The van der Waals surface area contributed by atoms with Crippen LogP contribution in [-0.4, -0.2) is 23.1 Å². The number of pyridine rings is 1. The molecule has 0 amide bonds. The average molecular weight is 235 g/mol. The summed E-state index contributed by atoms with van der Waals surface area (Å²) >= 11 is 5.07. The van der Waals surface area contributed by atoms with Crippen LogP contribution in [0.3, 0.4) is 0 Å². The molecule has 1 aromatic rings. The highest BCUT2D eigenvalue weighted by atomic mass is 32.1. The van der Waals surface area contributed by atoms with Gasteiger partial charge in [0, 0.05) is 24.8 Å². The Balaban J connectivity index is 2.27. The Bertz CT molecular complexity index is 386. The summed E-state index contributed by atoms with van der Waals surface area (Å²) in [4.78, 5) is 6.88. The minimum atomic E-state index is 0.447. The molecule has 1 fully saturated rings. The van der Waals surface area contributed by atoms with Gasteiger partial charge < -0.3 is 10.6 Å². The van der Waals surface area contributed by atoms with Crippen LogP contribution < -0.4 is 10.6 Å². The standard InChI is InChI=1S/C12H17N3S/c1-15(9-4-2-3-5-9)11-8-14-7-6-10(11)12(13)16/h6-9H,2-5H2,1H3,(H2,13,16). The molecule has 1 aliphatic rings. The predicted molar refractivity (Wildman–Crippen MR) is 70.8 cm³/mol. The zero-order valence-electron chi connectivity index (χ0n) is 9.52. The summed E-state index contributed by atoms with van der Waals surface area (Å²) in [6.45, 7) is 0. The zero-order valence-corrected chi connectivity index (χ0v) is 10.3. The third-order valence-corrected chi connectivity index (χ3v) is 3.54. The van der Waals surface area contributed by atoms with Crippen LogP contribution in [0.2, 0.25) is 0 Å². The van der Waals surface area contributed by atoms with Gasteiger partial charge in [-0.15, -0.1) is 0 Å². The zero-order chi connectivity index (χ0) is 11.5. The van der Waals surface area contributed by atoms with E-state index in [1.54, 1.807) is 6.20 Å². The van der Waals surface area contributed by atoms with Gasteiger partial charge in [0.05, 0.1) is 11.9 Å². The number of thiocarbonyl (C=S) groups is 1. The molecule has 0 unspecified atom stereocenters. The largest absolute Gasteiger partial charge is 0.389 e. The maximum absolute atomic E-state index is 5.73. The second-order valence-electron chi connectivity index (χ2n) is 4.31. The van der Waals surface area contributed by atoms with E-state index in [0.29, 0.717) is 11.0 Å². The van der Waals surface area contributed by atoms with Crippen LogP contribution in [0.1, 0.15) is 31.2 Å². The van der Waals surface area contributed by atoms with Crippen molar-refractivity contribution in [1.82, 2.24) is 4.98 Å². The first-order valence-electron chi connectivity index (χ1n) is 5.67. The van der Waals surface area contributed by atoms with E-state index in [0.717, 1.165) is 11.3 Å². The highest BCUT2D eigenvalue weighted by molar-refractivity contribution is 7.80. The van der Waals surface area contributed by atoms with Crippen molar-refractivity contribution < 1.29 is 0 Å². The number of rotatable bonds is 3. The van der Waals surface area contributed by atoms with E-state index in [1.165, 1.54) is 25.7 Å². The first-order valence-corrected chi connectivity index (χ1v) is 6.07. The molecule has 16 heavy (non-hydrogen) atoms. The van der Waals surface area contributed by atoms with Crippen molar-refractivity contribution in [2.75, 3.05) is 11.9 Å². The van der Waals surface area contributed by atoms with Gasteiger partial charge in [0.25, 0.3) is 0 Å². The normalized spacial score (nSPS) is 16.3. The van der Waals surface area contributed by atoms with E-state index in [-0.39, 0.29) is 0 Å². The van der Waals surface area contributed by atoms with Crippen LogP contribution in [0.4, 0.5) is 5.69 Å².